The second-order valence-corrected chi connectivity index (χ2v) is 10.9. The zero-order valence-electron chi connectivity index (χ0n) is 17.2. The van der Waals surface area contributed by atoms with E-state index in [9.17, 15) is 8.42 Å². The number of benzene rings is 1. The summed E-state index contributed by atoms with van der Waals surface area (Å²) in [6.45, 7) is 2.13. The standard InChI is InChI=1S/C22H29N5O2S/c28-30(29,21-4-2-1-3-5-21)26-10-8-17(9-11-26)16-27-22-7-6-18(12-19(22)15-25-27)20-13-23-24-14-20/h6-7,12-15,17,21H,1-5,8-11,16H2,(H,23,24). The molecule has 1 saturated carbocycles. The first kappa shape index (κ1) is 19.8. The maximum absolute atomic E-state index is 13.0. The zero-order chi connectivity index (χ0) is 20.6. The van der Waals surface area contributed by atoms with E-state index in [-0.39, 0.29) is 5.25 Å². The fourth-order valence-corrected chi connectivity index (χ4v) is 7.06. The lowest BCUT2D eigenvalue weighted by atomic mass is 9.98. The van der Waals surface area contributed by atoms with Crippen LogP contribution in [0.1, 0.15) is 44.9 Å². The molecule has 2 fully saturated rings. The number of fused-ring (bicyclic) bond motifs is 1. The predicted octanol–water partition coefficient (Wildman–Crippen LogP) is 3.80. The molecular weight excluding hydrogens is 398 g/mol. The van der Waals surface area contributed by atoms with Gasteiger partial charge in [0.2, 0.25) is 10.0 Å². The Hall–Kier alpha value is -2.19. The molecule has 0 amide bonds. The van der Waals surface area contributed by atoms with Gasteiger partial charge in [-0.15, -0.1) is 0 Å². The predicted molar refractivity (Wildman–Crippen MR) is 117 cm³/mol. The molecule has 0 atom stereocenters. The minimum Gasteiger partial charge on any atom is -0.285 e. The Bertz CT molecular complexity index is 1090. The van der Waals surface area contributed by atoms with Crippen molar-refractivity contribution in [2.24, 2.45) is 5.92 Å². The van der Waals surface area contributed by atoms with Crippen LogP contribution in [-0.2, 0) is 16.6 Å². The van der Waals surface area contributed by atoms with Crippen molar-refractivity contribution in [1.82, 2.24) is 24.3 Å². The SMILES string of the molecule is O=S(=O)(C1CCCCC1)N1CCC(Cn2ncc3cc(-c4cn[nH]c4)ccc32)CC1. The van der Waals surface area contributed by atoms with Crippen molar-refractivity contribution < 1.29 is 8.42 Å². The van der Waals surface area contributed by atoms with Crippen molar-refractivity contribution in [2.75, 3.05) is 13.1 Å². The van der Waals surface area contributed by atoms with Crippen LogP contribution in [0.25, 0.3) is 22.0 Å². The third-order valence-electron chi connectivity index (χ3n) is 6.81. The lowest BCUT2D eigenvalue weighted by Crippen LogP contribution is -2.44. The van der Waals surface area contributed by atoms with Crippen molar-refractivity contribution in [3.05, 3.63) is 36.8 Å². The van der Waals surface area contributed by atoms with E-state index in [1.165, 1.54) is 6.42 Å². The number of piperidine rings is 1. The number of hydrogen-bond donors (Lipinski definition) is 1. The number of aromatic nitrogens is 4. The number of rotatable bonds is 5. The van der Waals surface area contributed by atoms with Crippen LogP contribution in [0.15, 0.2) is 36.8 Å². The van der Waals surface area contributed by atoms with E-state index in [1.54, 1.807) is 4.31 Å². The molecule has 160 valence electrons. The van der Waals surface area contributed by atoms with Gasteiger partial charge in [-0.25, -0.2) is 12.7 Å². The number of aromatic amines is 1. The number of sulfonamides is 1. The van der Waals surface area contributed by atoms with E-state index in [1.807, 2.05) is 18.6 Å². The van der Waals surface area contributed by atoms with Crippen molar-refractivity contribution in [3.63, 3.8) is 0 Å². The van der Waals surface area contributed by atoms with Gasteiger partial charge in [0.15, 0.2) is 0 Å². The third-order valence-corrected chi connectivity index (χ3v) is 9.21. The Kier molecular flexibility index (Phi) is 5.37. The van der Waals surface area contributed by atoms with Crippen LogP contribution in [0.2, 0.25) is 0 Å². The first-order chi connectivity index (χ1) is 14.6. The molecule has 0 radical (unpaired) electrons. The first-order valence-corrected chi connectivity index (χ1v) is 12.6. The number of nitrogens with one attached hydrogen (secondary N) is 1. The molecule has 5 rings (SSSR count). The highest BCUT2D eigenvalue weighted by atomic mass is 32.2. The molecule has 1 N–H and O–H groups in total. The van der Waals surface area contributed by atoms with Crippen LogP contribution in [0.3, 0.4) is 0 Å². The van der Waals surface area contributed by atoms with Gasteiger partial charge < -0.3 is 0 Å². The molecule has 7 nitrogen and oxygen atoms in total. The molecule has 2 aliphatic rings. The molecule has 1 aliphatic heterocycles. The summed E-state index contributed by atoms with van der Waals surface area (Å²) in [5.41, 5.74) is 3.31. The summed E-state index contributed by atoms with van der Waals surface area (Å²) in [5.74, 6) is 0.458. The van der Waals surface area contributed by atoms with Gasteiger partial charge in [-0.3, -0.25) is 9.78 Å². The van der Waals surface area contributed by atoms with Gasteiger partial charge in [-0.1, -0.05) is 25.3 Å². The molecule has 0 spiro atoms. The first-order valence-electron chi connectivity index (χ1n) is 11.0. The van der Waals surface area contributed by atoms with Gasteiger partial charge in [0.05, 0.1) is 23.2 Å². The van der Waals surface area contributed by atoms with Crippen molar-refractivity contribution in [2.45, 2.75) is 56.7 Å². The summed E-state index contributed by atoms with van der Waals surface area (Å²) in [5, 5.41) is 12.5. The number of H-pyrrole nitrogens is 1. The van der Waals surface area contributed by atoms with Crippen molar-refractivity contribution in [3.8, 4) is 11.1 Å². The van der Waals surface area contributed by atoms with Crippen molar-refractivity contribution >= 4 is 20.9 Å². The van der Waals surface area contributed by atoms with Crippen LogP contribution < -0.4 is 0 Å². The van der Waals surface area contributed by atoms with Crippen molar-refractivity contribution in [1.29, 1.82) is 0 Å². The molecule has 3 heterocycles. The minimum atomic E-state index is -3.13. The molecular formula is C22H29N5O2S. The largest absolute Gasteiger partial charge is 0.285 e. The molecule has 30 heavy (non-hydrogen) atoms. The van der Waals surface area contributed by atoms with Crippen LogP contribution >= 0.6 is 0 Å². The van der Waals surface area contributed by atoms with E-state index >= 15 is 0 Å². The number of nitrogens with zero attached hydrogens (tertiary/aromatic N) is 4. The normalized spacial score (nSPS) is 20.1. The monoisotopic (exact) mass is 427 g/mol. The lowest BCUT2D eigenvalue weighted by molar-refractivity contribution is 0.246. The highest BCUT2D eigenvalue weighted by Gasteiger charge is 2.35. The van der Waals surface area contributed by atoms with Gasteiger partial charge in [0.25, 0.3) is 0 Å². The zero-order valence-corrected chi connectivity index (χ0v) is 18.0. The van der Waals surface area contributed by atoms with Gasteiger partial charge in [-0.05, 0) is 49.3 Å². The summed E-state index contributed by atoms with van der Waals surface area (Å²) in [6, 6.07) is 6.36. The van der Waals surface area contributed by atoms with Crippen LogP contribution in [0.5, 0.6) is 0 Å². The van der Waals surface area contributed by atoms with Gasteiger partial charge in [-0.2, -0.15) is 10.2 Å². The molecule has 2 aromatic heterocycles. The molecule has 1 saturated heterocycles. The second kappa shape index (κ2) is 8.15. The third kappa shape index (κ3) is 3.78. The maximum Gasteiger partial charge on any atom is 0.216 e. The topological polar surface area (TPSA) is 83.9 Å². The summed E-state index contributed by atoms with van der Waals surface area (Å²) in [7, 11) is -3.13. The Morgan fingerprint density at radius 1 is 1.00 bits per heavy atom. The molecule has 0 bridgehead atoms. The number of hydrogen-bond acceptors (Lipinski definition) is 4. The molecule has 1 aromatic carbocycles. The Morgan fingerprint density at radius 2 is 1.80 bits per heavy atom. The molecule has 3 aromatic rings. The quantitative estimate of drug-likeness (QED) is 0.671. The highest BCUT2D eigenvalue weighted by Crippen LogP contribution is 2.30. The average Bonchev–Trinajstić information content (AvgIpc) is 3.45. The van der Waals surface area contributed by atoms with Gasteiger partial charge in [0.1, 0.15) is 0 Å². The van der Waals surface area contributed by atoms with Crippen LogP contribution in [0, 0.1) is 5.92 Å². The summed E-state index contributed by atoms with van der Waals surface area (Å²) in [6.07, 6.45) is 12.4. The van der Waals surface area contributed by atoms with E-state index < -0.39 is 10.0 Å². The van der Waals surface area contributed by atoms with Gasteiger partial charge >= 0.3 is 0 Å². The second-order valence-electron chi connectivity index (χ2n) is 8.73. The van der Waals surface area contributed by atoms with Crippen LogP contribution in [0.4, 0.5) is 0 Å². The van der Waals surface area contributed by atoms with E-state index in [4.69, 9.17) is 0 Å². The molecule has 1 aliphatic carbocycles. The van der Waals surface area contributed by atoms with Gasteiger partial charge in [0, 0.05) is 36.8 Å². The minimum absolute atomic E-state index is 0.151. The van der Waals surface area contributed by atoms with Crippen LogP contribution in [-0.4, -0.2) is 51.0 Å². The average molecular weight is 428 g/mol. The molecule has 8 heteroatoms. The Morgan fingerprint density at radius 3 is 2.53 bits per heavy atom. The highest BCUT2D eigenvalue weighted by molar-refractivity contribution is 7.89. The maximum atomic E-state index is 13.0. The molecule has 0 unspecified atom stereocenters. The summed E-state index contributed by atoms with van der Waals surface area (Å²) in [4.78, 5) is 0. The fraction of sp³-hybridized carbons (Fsp3) is 0.545. The Labute approximate surface area is 177 Å². The van der Waals surface area contributed by atoms with E-state index in [0.29, 0.717) is 19.0 Å². The fourth-order valence-electron chi connectivity index (χ4n) is 4.99. The summed E-state index contributed by atoms with van der Waals surface area (Å²) < 4.78 is 29.8. The smallest absolute Gasteiger partial charge is 0.216 e. The van der Waals surface area contributed by atoms with E-state index in [0.717, 1.165) is 67.1 Å². The summed E-state index contributed by atoms with van der Waals surface area (Å²) >= 11 is 0. The van der Waals surface area contributed by atoms with E-state index in [2.05, 4.69) is 38.2 Å². The lowest BCUT2D eigenvalue weighted by Gasteiger charge is -2.34. The Balaban J connectivity index is 1.24.